The van der Waals surface area contributed by atoms with Crippen LogP contribution in [0.25, 0.3) is 0 Å². The second kappa shape index (κ2) is 6.48. The molecule has 0 amide bonds. The molecule has 1 fully saturated rings. The van der Waals surface area contributed by atoms with Crippen LogP contribution in [0.2, 0.25) is 0 Å². The Morgan fingerprint density at radius 1 is 0.929 bits per heavy atom. The van der Waals surface area contributed by atoms with Gasteiger partial charge in [-0.05, 0) is 24.2 Å². The third-order valence-corrected chi connectivity index (χ3v) is 3.81. The summed E-state index contributed by atoms with van der Waals surface area (Å²) in [5.74, 6) is 2.90. The summed E-state index contributed by atoms with van der Waals surface area (Å²) in [7, 11) is 0. The molecular weight excluding hydrogens is 168 g/mol. The van der Waals surface area contributed by atoms with E-state index in [2.05, 4.69) is 20.8 Å². The molecule has 0 aromatic rings. The molecule has 0 saturated heterocycles. The number of rotatable bonds is 2. The molecular formula is C14H28. The van der Waals surface area contributed by atoms with Gasteiger partial charge in [0.1, 0.15) is 0 Å². The average Bonchev–Trinajstić information content (AvgIpc) is 2.20. The normalized spacial score (nSPS) is 30.9. The van der Waals surface area contributed by atoms with E-state index in [9.17, 15) is 0 Å². The van der Waals surface area contributed by atoms with Crippen molar-refractivity contribution in [1.82, 2.24) is 0 Å². The van der Waals surface area contributed by atoms with Gasteiger partial charge in [0, 0.05) is 0 Å². The van der Waals surface area contributed by atoms with Gasteiger partial charge in [-0.2, -0.15) is 0 Å². The smallest absolute Gasteiger partial charge is 0.0386 e. The highest BCUT2D eigenvalue weighted by Crippen LogP contribution is 2.31. The quantitative estimate of drug-likeness (QED) is 0.581. The summed E-state index contributed by atoms with van der Waals surface area (Å²) in [5.41, 5.74) is 0. The van der Waals surface area contributed by atoms with Crippen LogP contribution in [-0.4, -0.2) is 0 Å². The lowest BCUT2D eigenvalue weighted by molar-refractivity contribution is 0.265. The number of hydrogen-bond acceptors (Lipinski definition) is 0. The molecule has 0 spiro atoms. The molecule has 84 valence electrons. The maximum atomic E-state index is 2.48. The first-order valence-electron chi connectivity index (χ1n) is 6.70. The van der Waals surface area contributed by atoms with Crippen molar-refractivity contribution in [3.8, 4) is 0 Å². The summed E-state index contributed by atoms with van der Waals surface area (Å²) < 4.78 is 0. The highest BCUT2D eigenvalue weighted by atomic mass is 14.2. The van der Waals surface area contributed by atoms with E-state index in [-0.39, 0.29) is 0 Å². The standard InChI is InChI=1S/C14H28/c1-12(2)11-14-10-8-6-4-5-7-9-13(14)3/h12-14H,4-11H2,1-3H3. The highest BCUT2D eigenvalue weighted by Gasteiger charge is 2.18. The second-order valence-electron chi connectivity index (χ2n) is 5.71. The Morgan fingerprint density at radius 3 is 2.14 bits per heavy atom. The zero-order valence-electron chi connectivity index (χ0n) is 10.4. The summed E-state index contributed by atoms with van der Waals surface area (Å²) in [6.07, 6.45) is 11.9. The molecule has 14 heavy (non-hydrogen) atoms. The van der Waals surface area contributed by atoms with E-state index >= 15 is 0 Å². The van der Waals surface area contributed by atoms with Crippen molar-refractivity contribution >= 4 is 0 Å². The van der Waals surface area contributed by atoms with Gasteiger partial charge in [-0.3, -0.25) is 0 Å². The van der Waals surface area contributed by atoms with Crippen molar-refractivity contribution in [2.75, 3.05) is 0 Å². The van der Waals surface area contributed by atoms with Gasteiger partial charge >= 0.3 is 0 Å². The van der Waals surface area contributed by atoms with Gasteiger partial charge in [0.2, 0.25) is 0 Å². The second-order valence-corrected chi connectivity index (χ2v) is 5.71. The maximum absolute atomic E-state index is 2.48. The third-order valence-electron chi connectivity index (χ3n) is 3.81. The molecule has 0 bridgehead atoms. The van der Waals surface area contributed by atoms with Crippen molar-refractivity contribution < 1.29 is 0 Å². The van der Waals surface area contributed by atoms with Gasteiger partial charge in [0.25, 0.3) is 0 Å². The van der Waals surface area contributed by atoms with Crippen molar-refractivity contribution in [3.05, 3.63) is 0 Å². The van der Waals surface area contributed by atoms with Crippen molar-refractivity contribution in [2.24, 2.45) is 17.8 Å². The Balaban J connectivity index is 2.40. The van der Waals surface area contributed by atoms with Gasteiger partial charge in [-0.1, -0.05) is 65.7 Å². The molecule has 1 aliphatic carbocycles. The largest absolute Gasteiger partial charge is 0.0628 e. The minimum atomic E-state index is 0.892. The fraction of sp³-hybridized carbons (Fsp3) is 1.00. The molecule has 1 saturated carbocycles. The fourth-order valence-corrected chi connectivity index (χ4v) is 2.88. The first kappa shape index (κ1) is 12.1. The monoisotopic (exact) mass is 196 g/mol. The Hall–Kier alpha value is 0. The minimum absolute atomic E-state index is 0.892. The first-order valence-corrected chi connectivity index (χ1v) is 6.70. The third kappa shape index (κ3) is 4.48. The number of hydrogen-bond donors (Lipinski definition) is 0. The summed E-state index contributed by atoms with van der Waals surface area (Å²) in [6.45, 7) is 7.23. The van der Waals surface area contributed by atoms with Crippen LogP contribution < -0.4 is 0 Å². The van der Waals surface area contributed by atoms with E-state index in [4.69, 9.17) is 0 Å². The van der Waals surface area contributed by atoms with Gasteiger partial charge in [0.15, 0.2) is 0 Å². The summed E-state index contributed by atoms with van der Waals surface area (Å²) >= 11 is 0. The van der Waals surface area contributed by atoms with Gasteiger partial charge in [0.05, 0.1) is 0 Å². The van der Waals surface area contributed by atoms with Crippen LogP contribution in [0.1, 0.15) is 72.1 Å². The van der Waals surface area contributed by atoms with Crippen molar-refractivity contribution in [3.63, 3.8) is 0 Å². The van der Waals surface area contributed by atoms with E-state index in [1.165, 1.54) is 51.4 Å². The van der Waals surface area contributed by atoms with E-state index in [1.807, 2.05) is 0 Å². The zero-order valence-corrected chi connectivity index (χ0v) is 10.4. The maximum Gasteiger partial charge on any atom is -0.0386 e. The first-order chi connectivity index (χ1) is 6.70. The Bertz CT molecular complexity index is 137. The predicted molar refractivity (Wildman–Crippen MR) is 64.4 cm³/mol. The van der Waals surface area contributed by atoms with Crippen LogP contribution in [0.4, 0.5) is 0 Å². The summed E-state index contributed by atoms with van der Waals surface area (Å²) in [5, 5.41) is 0. The summed E-state index contributed by atoms with van der Waals surface area (Å²) in [6, 6.07) is 0. The topological polar surface area (TPSA) is 0 Å². The van der Waals surface area contributed by atoms with Crippen LogP contribution in [-0.2, 0) is 0 Å². The molecule has 2 atom stereocenters. The lowest BCUT2D eigenvalue weighted by Crippen LogP contribution is -2.14. The molecule has 0 heterocycles. The lowest BCUT2D eigenvalue weighted by Gasteiger charge is -2.24. The molecule has 1 aliphatic rings. The Morgan fingerprint density at radius 2 is 1.50 bits per heavy atom. The zero-order chi connectivity index (χ0) is 10.4. The molecule has 1 rings (SSSR count). The predicted octanol–water partition coefficient (Wildman–Crippen LogP) is 5.03. The Kier molecular flexibility index (Phi) is 5.59. The molecule has 0 aromatic heterocycles. The van der Waals surface area contributed by atoms with Crippen molar-refractivity contribution in [1.29, 1.82) is 0 Å². The van der Waals surface area contributed by atoms with Crippen LogP contribution >= 0.6 is 0 Å². The molecule has 2 unspecified atom stereocenters. The van der Waals surface area contributed by atoms with Gasteiger partial charge in [-0.15, -0.1) is 0 Å². The fourth-order valence-electron chi connectivity index (χ4n) is 2.88. The van der Waals surface area contributed by atoms with Gasteiger partial charge < -0.3 is 0 Å². The SMILES string of the molecule is CC(C)CC1CCCCCCCC1C. The molecule has 0 aromatic carbocycles. The van der Waals surface area contributed by atoms with Crippen LogP contribution in [0.5, 0.6) is 0 Å². The van der Waals surface area contributed by atoms with E-state index in [0.717, 1.165) is 17.8 Å². The van der Waals surface area contributed by atoms with Crippen LogP contribution in [0.15, 0.2) is 0 Å². The lowest BCUT2D eigenvalue weighted by atomic mass is 9.81. The molecule has 0 heteroatoms. The van der Waals surface area contributed by atoms with Gasteiger partial charge in [-0.25, -0.2) is 0 Å². The van der Waals surface area contributed by atoms with Crippen molar-refractivity contribution in [2.45, 2.75) is 72.1 Å². The molecule has 0 aliphatic heterocycles. The van der Waals surface area contributed by atoms with E-state index in [0.29, 0.717) is 0 Å². The minimum Gasteiger partial charge on any atom is -0.0628 e. The Labute approximate surface area is 90.5 Å². The highest BCUT2D eigenvalue weighted by molar-refractivity contribution is 4.70. The molecule has 0 nitrogen and oxygen atoms in total. The van der Waals surface area contributed by atoms with Crippen LogP contribution in [0.3, 0.4) is 0 Å². The molecule has 0 N–H and O–H groups in total. The van der Waals surface area contributed by atoms with Crippen LogP contribution in [0, 0.1) is 17.8 Å². The summed E-state index contributed by atoms with van der Waals surface area (Å²) in [4.78, 5) is 0. The average molecular weight is 196 g/mol. The van der Waals surface area contributed by atoms with E-state index in [1.54, 1.807) is 0 Å². The van der Waals surface area contributed by atoms with E-state index < -0.39 is 0 Å². The molecule has 0 radical (unpaired) electrons.